The molecule has 28 heavy (non-hydrogen) atoms. The summed E-state index contributed by atoms with van der Waals surface area (Å²) in [6, 6.07) is 0. The highest BCUT2D eigenvalue weighted by molar-refractivity contribution is 5.95. The molecule has 158 valence electrons. The summed E-state index contributed by atoms with van der Waals surface area (Å²) in [7, 11) is 0. The zero-order valence-corrected chi connectivity index (χ0v) is 17.6. The molecule has 2 aliphatic rings. The quantitative estimate of drug-likeness (QED) is 0.339. The lowest BCUT2D eigenvalue weighted by Gasteiger charge is -2.18. The third-order valence-electron chi connectivity index (χ3n) is 5.88. The van der Waals surface area contributed by atoms with Crippen molar-refractivity contribution in [3.8, 4) is 0 Å². The topological polar surface area (TPSA) is 52.6 Å². The van der Waals surface area contributed by atoms with Crippen molar-refractivity contribution in [3.63, 3.8) is 0 Å². The number of ether oxygens (including phenoxy) is 2. The second-order valence-electron chi connectivity index (χ2n) is 8.31. The van der Waals surface area contributed by atoms with E-state index in [9.17, 15) is 9.59 Å². The molecule has 4 heteroatoms. The Morgan fingerprint density at radius 3 is 2.11 bits per heavy atom. The highest BCUT2D eigenvalue weighted by atomic mass is 16.5. The standard InChI is InChI=1S/C24H38O4/c1-20(18-22-10-6-3-7-11-22)24(26)19-28-17-16-27-15-14-23(25)13-12-21-8-4-2-5-9-21/h12-13,18,21-22H,2-11,14-17,19H2,1H3/b13-12+,20-18+. The van der Waals surface area contributed by atoms with Crippen molar-refractivity contribution < 1.29 is 19.1 Å². The molecule has 4 nitrogen and oxygen atoms in total. The summed E-state index contributed by atoms with van der Waals surface area (Å²) < 4.78 is 10.9. The molecule has 0 saturated heterocycles. The Labute approximate surface area is 170 Å². The molecule has 0 aromatic rings. The molecule has 0 bridgehead atoms. The molecule has 0 radical (unpaired) electrons. The van der Waals surface area contributed by atoms with Crippen molar-refractivity contribution in [1.29, 1.82) is 0 Å². The predicted octanol–water partition coefficient (Wildman–Crippen LogP) is 5.21. The Balaban J connectivity index is 1.47. The molecular weight excluding hydrogens is 352 g/mol. The van der Waals surface area contributed by atoms with E-state index >= 15 is 0 Å². The zero-order chi connectivity index (χ0) is 20.0. The maximum atomic E-state index is 12.1. The number of Topliss-reactive ketones (excluding diaryl/α,β-unsaturated/α-hetero) is 1. The van der Waals surface area contributed by atoms with Crippen molar-refractivity contribution in [1.82, 2.24) is 0 Å². The Hall–Kier alpha value is -1.26. The maximum absolute atomic E-state index is 12.1. The van der Waals surface area contributed by atoms with Gasteiger partial charge in [0.2, 0.25) is 0 Å². The molecule has 2 rings (SSSR count). The van der Waals surface area contributed by atoms with E-state index in [0.717, 1.165) is 5.57 Å². The van der Waals surface area contributed by atoms with Gasteiger partial charge in [0.1, 0.15) is 6.61 Å². The smallest absolute Gasteiger partial charge is 0.183 e. The van der Waals surface area contributed by atoms with Crippen LogP contribution in [0.3, 0.4) is 0 Å². The van der Waals surface area contributed by atoms with Gasteiger partial charge in [0.25, 0.3) is 0 Å². The summed E-state index contributed by atoms with van der Waals surface area (Å²) in [5.41, 5.74) is 0.822. The molecule has 2 fully saturated rings. The zero-order valence-electron chi connectivity index (χ0n) is 17.6. The van der Waals surface area contributed by atoms with Gasteiger partial charge in [-0.25, -0.2) is 0 Å². The van der Waals surface area contributed by atoms with Crippen LogP contribution in [0.1, 0.15) is 77.6 Å². The highest BCUT2D eigenvalue weighted by Crippen LogP contribution is 2.26. The summed E-state index contributed by atoms with van der Waals surface area (Å²) in [4.78, 5) is 24.0. The molecule has 0 spiro atoms. The van der Waals surface area contributed by atoms with E-state index in [2.05, 4.69) is 12.2 Å². The summed E-state index contributed by atoms with van der Waals surface area (Å²) in [6.45, 7) is 3.21. The second-order valence-corrected chi connectivity index (χ2v) is 8.31. The molecule has 2 aliphatic carbocycles. The van der Waals surface area contributed by atoms with Gasteiger partial charge in [-0.2, -0.15) is 0 Å². The van der Waals surface area contributed by atoms with Gasteiger partial charge < -0.3 is 9.47 Å². The fourth-order valence-electron chi connectivity index (χ4n) is 4.07. The molecule has 2 saturated carbocycles. The third-order valence-corrected chi connectivity index (χ3v) is 5.88. The second kappa shape index (κ2) is 13.8. The van der Waals surface area contributed by atoms with Crippen molar-refractivity contribution in [2.45, 2.75) is 77.6 Å². The fourth-order valence-corrected chi connectivity index (χ4v) is 4.07. The first-order chi connectivity index (χ1) is 13.6. The number of ketones is 2. The van der Waals surface area contributed by atoms with Crippen molar-refractivity contribution in [3.05, 3.63) is 23.8 Å². The lowest BCUT2D eigenvalue weighted by molar-refractivity contribution is -0.120. The lowest BCUT2D eigenvalue weighted by atomic mass is 9.87. The molecule has 0 heterocycles. The minimum atomic E-state index is 0.0635. The van der Waals surface area contributed by atoms with Gasteiger partial charge in [-0.05, 0) is 56.1 Å². The van der Waals surface area contributed by atoms with Crippen molar-refractivity contribution in [2.75, 3.05) is 26.4 Å². The highest BCUT2D eigenvalue weighted by Gasteiger charge is 2.13. The van der Waals surface area contributed by atoms with Crippen LogP contribution in [0.5, 0.6) is 0 Å². The average Bonchev–Trinajstić information content (AvgIpc) is 2.72. The molecule has 0 N–H and O–H groups in total. The molecular formula is C24H38O4. The van der Waals surface area contributed by atoms with E-state index in [4.69, 9.17) is 9.47 Å². The van der Waals surface area contributed by atoms with Crippen LogP contribution in [0.4, 0.5) is 0 Å². The fraction of sp³-hybridized carbons (Fsp3) is 0.750. The first kappa shape index (κ1) is 23.0. The van der Waals surface area contributed by atoms with E-state index in [1.165, 1.54) is 64.2 Å². The van der Waals surface area contributed by atoms with Crippen LogP contribution >= 0.6 is 0 Å². The SMILES string of the molecule is C/C(=C\C1CCCCC1)C(=O)COCCOCCC(=O)/C=C/C1CCCCC1. The Morgan fingerprint density at radius 1 is 0.821 bits per heavy atom. The molecule has 0 aromatic heterocycles. The number of allylic oxidation sites excluding steroid dienone is 3. The Morgan fingerprint density at radius 2 is 1.43 bits per heavy atom. The first-order valence-corrected chi connectivity index (χ1v) is 11.2. The summed E-state index contributed by atoms with van der Waals surface area (Å²) in [5.74, 6) is 1.34. The van der Waals surface area contributed by atoms with Crippen LogP contribution in [0.15, 0.2) is 23.8 Å². The number of hydrogen-bond acceptors (Lipinski definition) is 4. The average molecular weight is 391 g/mol. The summed E-state index contributed by atoms with van der Waals surface area (Å²) >= 11 is 0. The van der Waals surface area contributed by atoms with Crippen LogP contribution in [0.25, 0.3) is 0 Å². The predicted molar refractivity (Wildman–Crippen MR) is 112 cm³/mol. The number of rotatable bonds is 12. The van der Waals surface area contributed by atoms with Gasteiger partial charge >= 0.3 is 0 Å². The molecule has 0 unspecified atom stereocenters. The molecule has 0 aliphatic heterocycles. The summed E-state index contributed by atoms with van der Waals surface area (Å²) in [5, 5.41) is 0. The Bertz CT molecular complexity index is 523. The lowest BCUT2D eigenvalue weighted by Crippen LogP contribution is -2.15. The van der Waals surface area contributed by atoms with E-state index in [1.807, 2.05) is 6.92 Å². The third kappa shape index (κ3) is 9.79. The minimum absolute atomic E-state index is 0.0635. The summed E-state index contributed by atoms with van der Waals surface area (Å²) in [6.07, 6.45) is 19.0. The van der Waals surface area contributed by atoms with Crippen LogP contribution < -0.4 is 0 Å². The van der Waals surface area contributed by atoms with Gasteiger partial charge in [-0.3, -0.25) is 9.59 Å². The minimum Gasteiger partial charge on any atom is -0.379 e. The van der Waals surface area contributed by atoms with Gasteiger partial charge in [0, 0.05) is 6.42 Å². The maximum Gasteiger partial charge on any atom is 0.183 e. The van der Waals surface area contributed by atoms with Gasteiger partial charge in [0.05, 0.1) is 19.8 Å². The van der Waals surface area contributed by atoms with E-state index in [-0.39, 0.29) is 18.2 Å². The largest absolute Gasteiger partial charge is 0.379 e. The van der Waals surface area contributed by atoms with Crippen LogP contribution in [-0.2, 0) is 19.1 Å². The van der Waals surface area contributed by atoms with E-state index in [0.29, 0.717) is 38.1 Å². The normalized spacial score (nSPS) is 20.0. The van der Waals surface area contributed by atoms with Gasteiger partial charge in [-0.15, -0.1) is 0 Å². The van der Waals surface area contributed by atoms with E-state index < -0.39 is 0 Å². The number of carbonyl (C=O) groups excluding carboxylic acids is 2. The van der Waals surface area contributed by atoms with Crippen molar-refractivity contribution >= 4 is 11.6 Å². The van der Waals surface area contributed by atoms with E-state index in [1.54, 1.807) is 6.08 Å². The van der Waals surface area contributed by atoms with Crippen LogP contribution in [0, 0.1) is 11.8 Å². The van der Waals surface area contributed by atoms with Gasteiger partial charge in [0.15, 0.2) is 11.6 Å². The monoisotopic (exact) mass is 390 g/mol. The first-order valence-electron chi connectivity index (χ1n) is 11.2. The van der Waals surface area contributed by atoms with Crippen LogP contribution in [0.2, 0.25) is 0 Å². The number of carbonyl (C=O) groups is 2. The molecule has 0 atom stereocenters. The van der Waals surface area contributed by atoms with Crippen molar-refractivity contribution in [2.24, 2.45) is 11.8 Å². The molecule has 0 amide bonds. The molecule has 0 aromatic carbocycles. The van der Waals surface area contributed by atoms with Crippen LogP contribution in [-0.4, -0.2) is 38.0 Å². The number of hydrogen-bond donors (Lipinski definition) is 0. The van der Waals surface area contributed by atoms with Gasteiger partial charge in [-0.1, -0.05) is 50.7 Å². The Kier molecular flexibility index (Phi) is 11.4.